The molecular formula is C18H19ClPd. The van der Waals surface area contributed by atoms with Gasteiger partial charge < -0.3 is 0 Å². The molecule has 0 nitrogen and oxygen atoms in total. The van der Waals surface area contributed by atoms with E-state index in [4.69, 9.17) is 0 Å². The topological polar surface area (TPSA) is 0 Å². The van der Waals surface area contributed by atoms with Gasteiger partial charge in [0.15, 0.2) is 0 Å². The molecule has 2 aromatic rings. The molecule has 108 valence electrons. The van der Waals surface area contributed by atoms with Gasteiger partial charge in [0.2, 0.25) is 0 Å². The van der Waals surface area contributed by atoms with Crippen molar-refractivity contribution in [1.29, 1.82) is 0 Å². The van der Waals surface area contributed by atoms with Crippen molar-refractivity contribution in [3.8, 4) is 0 Å². The zero-order chi connectivity index (χ0) is 13.1. The summed E-state index contributed by atoms with van der Waals surface area (Å²) in [5.41, 5.74) is 2.40. The van der Waals surface area contributed by atoms with E-state index in [0.717, 1.165) is 0 Å². The van der Waals surface area contributed by atoms with E-state index in [-0.39, 0.29) is 32.8 Å². The predicted octanol–water partition coefficient (Wildman–Crippen LogP) is 5.49. The number of benzene rings is 2. The second-order valence-electron chi connectivity index (χ2n) is 3.63. The third kappa shape index (κ3) is 9.53. The maximum atomic E-state index is 3.60. The van der Waals surface area contributed by atoms with E-state index in [0.29, 0.717) is 0 Å². The van der Waals surface area contributed by atoms with E-state index in [1.54, 1.807) is 12.2 Å². The van der Waals surface area contributed by atoms with Gasteiger partial charge in [0, 0.05) is 0 Å². The maximum absolute atomic E-state index is 3.60. The fourth-order valence-corrected chi connectivity index (χ4v) is 1.40. The van der Waals surface area contributed by atoms with Crippen LogP contribution in [0.2, 0.25) is 0 Å². The number of rotatable bonds is 2. The Bertz CT molecular complexity index is 428. The zero-order valence-electron chi connectivity index (χ0n) is 11.2. The van der Waals surface area contributed by atoms with Crippen molar-refractivity contribution in [1.82, 2.24) is 0 Å². The number of allylic oxidation sites excluding steroid dienone is 2. The van der Waals surface area contributed by atoms with Crippen molar-refractivity contribution in [2.45, 2.75) is 0 Å². The summed E-state index contributed by atoms with van der Waals surface area (Å²) in [6.07, 6.45) is 7.52. The molecule has 0 saturated heterocycles. The van der Waals surface area contributed by atoms with Gasteiger partial charge in [0.1, 0.15) is 0 Å². The summed E-state index contributed by atoms with van der Waals surface area (Å²) in [7, 11) is 0. The Hall–Kier alpha value is -1.39. The van der Waals surface area contributed by atoms with Gasteiger partial charge in [-0.2, -0.15) is 0 Å². The van der Waals surface area contributed by atoms with Crippen molar-refractivity contribution in [3.05, 3.63) is 97.8 Å². The minimum Gasteiger partial charge on any atom is -0.245 e. The molecule has 0 aliphatic carbocycles. The molecule has 2 rings (SSSR count). The van der Waals surface area contributed by atoms with Crippen LogP contribution >= 0.6 is 12.4 Å². The molecule has 0 aromatic heterocycles. The standard InChI is InChI=1S/2C9H9.ClH.Pd/c2*1-2-6-9-7-4-3-5-8-9;;/h2*2-8H,1H2;1H;/q2*-1;;+2. The summed E-state index contributed by atoms with van der Waals surface area (Å²) in [4.78, 5) is 0. The molecule has 0 heterocycles. The van der Waals surface area contributed by atoms with Crippen molar-refractivity contribution in [2.24, 2.45) is 0 Å². The zero-order valence-corrected chi connectivity index (χ0v) is 13.6. The average Bonchev–Trinajstić information content (AvgIpc) is 2.43. The second-order valence-corrected chi connectivity index (χ2v) is 3.63. The van der Waals surface area contributed by atoms with Crippen LogP contribution in [0.25, 0.3) is 12.2 Å². The molecule has 2 heteroatoms. The molecule has 0 radical (unpaired) electrons. The van der Waals surface area contributed by atoms with Crippen LogP contribution in [0.5, 0.6) is 0 Å². The van der Waals surface area contributed by atoms with Crippen LogP contribution in [0, 0.1) is 13.8 Å². The Labute approximate surface area is 142 Å². The first-order chi connectivity index (χ1) is 8.86. The molecule has 0 atom stereocenters. The van der Waals surface area contributed by atoms with E-state index >= 15 is 0 Å². The Morgan fingerprint density at radius 2 is 0.900 bits per heavy atom. The molecule has 0 saturated carbocycles. The minimum absolute atomic E-state index is 0. The van der Waals surface area contributed by atoms with Gasteiger partial charge in [-0.05, 0) is 0 Å². The van der Waals surface area contributed by atoms with Crippen molar-refractivity contribution >= 4 is 24.6 Å². The second kappa shape index (κ2) is 14.0. The van der Waals surface area contributed by atoms with E-state index in [2.05, 4.69) is 13.8 Å². The first-order valence-corrected chi connectivity index (χ1v) is 5.88. The molecule has 2 aromatic carbocycles. The molecule has 0 unspecified atom stereocenters. The number of halogens is 1. The van der Waals surface area contributed by atoms with Gasteiger partial charge in [-0.3, -0.25) is 0 Å². The Morgan fingerprint density at radius 3 is 1.15 bits per heavy atom. The van der Waals surface area contributed by atoms with E-state index < -0.39 is 0 Å². The van der Waals surface area contributed by atoms with Crippen LogP contribution in [0.4, 0.5) is 0 Å². The molecule has 0 aliphatic heterocycles. The van der Waals surface area contributed by atoms with Crippen LogP contribution in [-0.2, 0) is 20.4 Å². The molecule has 0 spiro atoms. The summed E-state index contributed by atoms with van der Waals surface area (Å²) in [5.74, 6) is 0. The number of hydrogen-bond donors (Lipinski definition) is 0. The van der Waals surface area contributed by atoms with Crippen LogP contribution in [0.1, 0.15) is 11.1 Å². The Morgan fingerprint density at radius 1 is 0.600 bits per heavy atom. The monoisotopic (exact) mass is 376 g/mol. The third-order valence-electron chi connectivity index (χ3n) is 2.22. The van der Waals surface area contributed by atoms with E-state index in [1.807, 2.05) is 72.8 Å². The molecule has 0 bridgehead atoms. The summed E-state index contributed by atoms with van der Waals surface area (Å²) in [6.45, 7) is 7.20. The molecule has 0 aliphatic rings. The molecule has 0 N–H and O–H groups in total. The van der Waals surface area contributed by atoms with Crippen LogP contribution in [-0.4, -0.2) is 0 Å². The normalized spacial score (nSPS) is 9.20. The van der Waals surface area contributed by atoms with Gasteiger partial charge in [-0.25, -0.2) is 38.2 Å². The third-order valence-corrected chi connectivity index (χ3v) is 2.22. The first-order valence-electron chi connectivity index (χ1n) is 5.88. The maximum Gasteiger partial charge on any atom is 2.00 e. The molecule has 0 amide bonds. The van der Waals surface area contributed by atoms with E-state index in [9.17, 15) is 0 Å². The summed E-state index contributed by atoms with van der Waals surface area (Å²) in [5, 5.41) is 0. The molecular weight excluding hydrogens is 358 g/mol. The van der Waals surface area contributed by atoms with Crippen molar-refractivity contribution < 1.29 is 20.4 Å². The SMILES string of the molecule is Cl.[CH2-]C=Cc1ccccc1.[CH2-]C=Cc1ccccc1.[Pd+2]. The van der Waals surface area contributed by atoms with Gasteiger partial charge in [-0.1, -0.05) is 60.7 Å². The summed E-state index contributed by atoms with van der Waals surface area (Å²) >= 11 is 0. The van der Waals surface area contributed by atoms with E-state index in [1.165, 1.54) is 11.1 Å². The Balaban J connectivity index is 0. The smallest absolute Gasteiger partial charge is 0.245 e. The van der Waals surface area contributed by atoms with Crippen molar-refractivity contribution in [3.63, 3.8) is 0 Å². The van der Waals surface area contributed by atoms with Crippen LogP contribution in [0.15, 0.2) is 72.8 Å². The fraction of sp³-hybridized carbons (Fsp3) is 0. The quantitative estimate of drug-likeness (QED) is 0.480. The first kappa shape index (κ1) is 20.9. The Kier molecular flexibility index (Phi) is 14.7. The summed E-state index contributed by atoms with van der Waals surface area (Å²) in [6, 6.07) is 20.2. The van der Waals surface area contributed by atoms with Crippen LogP contribution < -0.4 is 0 Å². The largest absolute Gasteiger partial charge is 2.00 e. The molecule has 20 heavy (non-hydrogen) atoms. The van der Waals surface area contributed by atoms with Gasteiger partial charge in [0.05, 0.1) is 0 Å². The van der Waals surface area contributed by atoms with Crippen molar-refractivity contribution in [2.75, 3.05) is 0 Å². The van der Waals surface area contributed by atoms with Crippen LogP contribution in [0.3, 0.4) is 0 Å². The van der Waals surface area contributed by atoms with Gasteiger partial charge >= 0.3 is 20.4 Å². The minimum atomic E-state index is 0. The van der Waals surface area contributed by atoms with Gasteiger partial charge in [0.25, 0.3) is 0 Å². The molecule has 0 fully saturated rings. The van der Waals surface area contributed by atoms with Gasteiger partial charge in [-0.15, -0.1) is 23.5 Å². The fourth-order valence-electron chi connectivity index (χ4n) is 1.40. The summed E-state index contributed by atoms with van der Waals surface area (Å²) < 4.78 is 0. The average molecular weight is 377 g/mol. The number of hydrogen-bond acceptors (Lipinski definition) is 0. The predicted molar refractivity (Wildman–Crippen MR) is 88.9 cm³/mol.